The average molecular weight is 319 g/mol. The first kappa shape index (κ1) is 14.5. The zero-order valence-electron chi connectivity index (χ0n) is 12.0. The summed E-state index contributed by atoms with van der Waals surface area (Å²) in [6.45, 7) is 2.26. The maximum Gasteiger partial charge on any atom is 0.273 e. The molecule has 0 bridgehead atoms. The van der Waals surface area contributed by atoms with Gasteiger partial charge in [0.15, 0.2) is 5.82 Å². The number of nitro groups is 1. The average Bonchev–Trinajstić information content (AvgIpc) is 3.05. The molecule has 22 heavy (non-hydrogen) atoms. The smallest absolute Gasteiger partial charge is 0.273 e. The lowest BCUT2D eigenvalue weighted by Crippen LogP contribution is -2.01. The Morgan fingerprint density at radius 2 is 2.23 bits per heavy atom. The van der Waals surface area contributed by atoms with Crippen molar-refractivity contribution < 1.29 is 9.66 Å². The zero-order chi connectivity index (χ0) is 15.7. The van der Waals surface area contributed by atoms with Crippen LogP contribution in [-0.2, 0) is 11.2 Å². The summed E-state index contributed by atoms with van der Waals surface area (Å²) in [7, 11) is 1.62. The molecular formula is C13H13N5O3S. The predicted octanol–water partition coefficient (Wildman–Crippen LogP) is 2.26. The second-order valence-electron chi connectivity index (χ2n) is 4.67. The fourth-order valence-corrected chi connectivity index (χ4v) is 3.11. The quantitative estimate of drug-likeness (QED) is 0.529. The Kier molecular flexibility index (Phi) is 3.82. The lowest BCUT2D eigenvalue weighted by molar-refractivity contribution is -0.385. The number of hydrogen-bond donors (Lipinski definition) is 0. The molecule has 0 unspecified atom stereocenters. The minimum Gasteiger partial charge on any atom is -0.384 e. The summed E-state index contributed by atoms with van der Waals surface area (Å²) in [6, 6.07) is 4.97. The second kappa shape index (κ2) is 5.78. The van der Waals surface area contributed by atoms with Crippen LogP contribution in [0.2, 0.25) is 0 Å². The van der Waals surface area contributed by atoms with Crippen molar-refractivity contribution >= 4 is 22.0 Å². The van der Waals surface area contributed by atoms with Crippen LogP contribution in [0, 0.1) is 17.0 Å². The number of aromatic nitrogens is 4. The highest BCUT2D eigenvalue weighted by molar-refractivity contribution is 7.19. The van der Waals surface area contributed by atoms with Crippen molar-refractivity contribution in [3.63, 3.8) is 0 Å². The fourth-order valence-electron chi connectivity index (χ4n) is 2.17. The first-order chi connectivity index (χ1) is 10.6. The number of fused-ring (bicyclic) bond motifs is 1. The molecule has 0 saturated heterocycles. The minimum absolute atomic E-state index is 0.0862. The largest absolute Gasteiger partial charge is 0.384 e. The molecule has 0 aliphatic heterocycles. The number of rotatable bonds is 5. The number of benzene rings is 1. The van der Waals surface area contributed by atoms with E-state index in [-0.39, 0.29) is 10.6 Å². The van der Waals surface area contributed by atoms with E-state index in [2.05, 4.69) is 15.3 Å². The molecule has 0 aliphatic carbocycles. The highest BCUT2D eigenvalue weighted by atomic mass is 32.1. The third-order valence-electron chi connectivity index (χ3n) is 3.32. The molecular weight excluding hydrogens is 306 g/mol. The lowest BCUT2D eigenvalue weighted by Gasteiger charge is -2.02. The zero-order valence-corrected chi connectivity index (χ0v) is 12.8. The minimum atomic E-state index is -0.386. The molecule has 3 aromatic rings. The summed E-state index contributed by atoms with van der Waals surface area (Å²) in [5, 5.41) is 24.4. The summed E-state index contributed by atoms with van der Waals surface area (Å²) < 4.78 is 6.70. The van der Waals surface area contributed by atoms with Crippen molar-refractivity contribution in [2.24, 2.45) is 0 Å². The van der Waals surface area contributed by atoms with Crippen LogP contribution in [0.4, 0.5) is 5.69 Å². The molecule has 9 heteroatoms. The molecule has 0 aliphatic rings. The van der Waals surface area contributed by atoms with Gasteiger partial charge in [0.1, 0.15) is 5.01 Å². The summed E-state index contributed by atoms with van der Waals surface area (Å²) in [6.07, 6.45) is 0.606. The number of nitrogens with zero attached hydrogens (tertiary/aromatic N) is 5. The van der Waals surface area contributed by atoms with Crippen molar-refractivity contribution in [2.45, 2.75) is 13.3 Å². The Balaban J connectivity index is 2.06. The number of methoxy groups -OCH3 is 1. The van der Waals surface area contributed by atoms with E-state index < -0.39 is 0 Å². The van der Waals surface area contributed by atoms with Gasteiger partial charge in [-0.2, -0.15) is 9.61 Å². The van der Waals surface area contributed by atoms with Gasteiger partial charge in [-0.25, -0.2) is 0 Å². The Morgan fingerprint density at radius 1 is 1.41 bits per heavy atom. The number of hydrogen-bond acceptors (Lipinski definition) is 7. The van der Waals surface area contributed by atoms with Gasteiger partial charge in [-0.1, -0.05) is 23.5 Å². The van der Waals surface area contributed by atoms with Gasteiger partial charge < -0.3 is 4.74 Å². The van der Waals surface area contributed by atoms with E-state index in [4.69, 9.17) is 4.74 Å². The number of ether oxygens (including phenoxy) is 1. The molecule has 0 fully saturated rings. The van der Waals surface area contributed by atoms with Crippen LogP contribution in [0.3, 0.4) is 0 Å². The van der Waals surface area contributed by atoms with Crippen LogP contribution < -0.4 is 0 Å². The SMILES string of the molecule is COCCc1nnc2sc(-c3cccc([N+](=O)[O-])c3C)nn12. The monoisotopic (exact) mass is 319 g/mol. The van der Waals surface area contributed by atoms with E-state index in [9.17, 15) is 10.1 Å². The van der Waals surface area contributed by atoms with Crippen LogP contribution in [-0.4, -0.2) is 38.5 Å². The fraction of sp³-hybridized carbons (Fsp3) is 0.308. The van der Waals surface area contributed by atoms with E-state index >= 15 is 0 Å². The van der Waals surface area contributed by atoms with Gasteiger partial charge in [0, 0.05) is 30.7 Å². The second-order valence-corrected chi connectivity index (χ2v) is 5.62. The van der Waals surface area contributed by atoms with Gasteiger partial charge in [0.2, 0.25) is 4.96 Å². The molecule has 3 rings (SSSR count). The molecule has 2 aromatic heterocycles. The number of nitro benzene ring substituents is 1. The molecule has 1 aromatic carbocycles. The highest BCUT2D eigenvalue weighted by Crippen LogP contribution is 2.32. The molecule has 0 N–H and O–H groups in total. The Labute approximate surface area is 129 Å². The van der Waals surface area contributed by atoms with Crippen molar-refractivity contribution in [1.29, 1.82) is 0 Å². The summed E-state index contributed by atoms with van der Waals surface area (Å²) in [5.74, 6) is 0.711. The Hall–Kier alpha value is -2.39. The first-order valence-corrected chi connectivity index (χ1v) is 7.38. The van der Waals surface area contributed by atoms with Crippen molar-refractivity contribution in [1.82, 2.24) is 19.8 Å². The Morgan fingerprint density at radius 3 is 2.95 bits per heavy atom. The molecule has 2 heterocycles. The van der Waals surface area contributed by atoms with Crippen LogP contribution in [0.1, 0.15) is 11.4 Å². The third kappa shape index (κ3) is 2.44. The van der Waals surface area contributed by atoms with Gasteiger partial charge in [-0.05, 0) is 6.92 Å². The van der Waals surface area contributed by atoms with Gasteiger partial charge in [-0.3, -0.25) is 10.1 Å². The first-order valence-electron chi connectivity index (χ1n) is 6.56. The van der Waals surface area contributed by atoms with E-state index in [1.54, 1.807) is 24.6 Å². The molecule has 8 nitrogen and oxygen atoms in total. The molecule has 0 atom stereocenters. The van der Waals surface area contributed by atoms with Crippen LogP contribution >= 0.6 is 11.3 Å². The van der Waals surface area contributed by atoms with Crippen LogP contribution in [0.5, 0.6) is 0 Å². The van der Waals surface area contributed by atoms with Crippen LogP contribution in [0.25, 0.3) is 15.5 Å². The summed E-state index contributed by atoms with van der Waals surface area (Å²) in [4.78, 5) is 11.3. The van der Waals surface area contributed by atoms with Crippen LogP contribution in [0.15, 0.2) is 18.2 Å². The third-order valence-corrected chi connectivity index (χ3v) is 4.25. The summed E-state index contributed by atoms with van der Waals surface area (Å²) in [5.41, 5.74) is 1.42. The van der Waals surface area contributed by atoms with Gasteiger partial charge in [0.05, 0.1) is 11.5 Å². The molecule has 0 radical (unpaired) electrons. The van der Waals surface area contributed by atoms with E-state index in [0.29, 0.717) is 34.4 Å². The maximum absolute atomic E-state index is 11.0. The Bertz CT molecular complexity index is 841. The molecule has 0 spiro atoms. The van der Waals surface area contributed by atoms with E-state index in [1.807, 2.05) is 6.07 Å². The lowest BCUT2D eigenvalue weighted by atomic mass is 10.1. The molecule has 0 saturated carbocycles. The van der Waals surface area contributed by atoms with Gasteiger partial charge in [0.25, 0.3) is 5.69 Å². The molecule has 0 amide bonds. The topological polar surface area (TPSA) is 95.5 Å². The highest BCUT2D eigenvalue weighted by Gasteiger charge is 2.18. The molecule has 114 valence electrons. The normalized spacial score (nSPS) is 11.2. The van der Waals surface area contributed by atoms with E-state index in [1.165, 1.54) is 17.4 Å². The maximum atomic E-state index is 11.0. The predicted molar refractivity (Wildman–Crippen MR) is 81.1 cm³/mol. The van der Waals surface area contributed by atoms with Gasteiger partial charge in [-0.15, -0.1) is 10.2 Å². The standard InChI is InChI=1S/C13H13N5O3S/c1-8-9(4-3-5-10(8)18(19)20)12-16-17-11(6-7-21-2)14-15-13(17)22-12/h3-5H,6-7H2,1-2H3. The van der Waals surface area contributed by atoms with E-state index in [0.717, 1.165) is 5.56 Å². The van der Waals surface area contributed by atoms with Crippen molar-refractivity contribution in [3.8, 4) is 10.6 Å². The van der Waals surface area contributed by atoms with Crippen molar-refractivity contribution in [2.75, 3.05) is 13.7 Å². The summed E-state index contributed by atoms with van der Waals surface area (Å²) >= 11 is 1.35. The van der Waals surface area contributed by atoms with Crippen molar-refractivity contribution in [3.05, 3.63) is 39.7 Å². The van der Waals surface area contributed by atoms with Gasteiger partial charge >= 0.3 is 0 Å².